The summed E-state index contributed by atoms with van der Waals surface area (Å²) in [6.45, 7) is 9.52. The summed E-state index contributed by atoms with van der Waals surface area (Å²) in [6.07, 6.45) is 2.37. The molecule has 3 rings (SSSR count). The molecule has 0 radical (unpaired) electrons. The fraction of sp³-hybridized carbons (Fsp3) is 0.682. The maximum Gasteiger partial charge on any atom is 0.191 e. The highest BCUT2D eigenvalue weighted by molar-refractivity contribution is 5.80. The van der Waals surface area contributed by atoms with Crippen LogP contribution in [0.3, 0.4) is 0 Å². The number of methoxy groups -OCH3 is 1. The first-order valence-corrected chi connectivity index (χ1v) is 10.3. The second kappa shape index (κ2) is 9.14. The zero-order valence-electron chi connectivity index (χ0n) is 17.9. The Hall–Kier alpha value is -1.79. The summed E-state index contributed by atoms with van der Waals surface area (Å²) < 4.78 is 17.0. The molecule has 0 amide bonds. The van der Waals surface area contributed by atoms with Gasteiger partial charge in [0, 0.05) is 63.3 Å². The molecule has 0 bridgehead atoms. The summed E-state index contributed by atoms with van der Waals surface area (Å²) in [5, 5.41) is 7.08. The van der Waals surface area contributed by atoms with E-state index < -0.39 is 0 Å². The van der Waals surface area contributed by atoms with Crippen molar-refractivity contribution in [3.63, 3.8) is 0 Å². The summed E-state index contributed by atoms with van der Waals surface area (Å²) in [4.78, 5) is 4.43. The lowest BCUT2D eigenvalue weighted by Gasteiger charge is -2.54. The number of aryl methyl sites for hydroxylation is 1. The van der Waals surface area contributed by atoms with Crippen LogP contribution in [-0.4, -0.2) is 52.1 Å². The molecule has 0 spiro atoms. The molecule has 1 aromatic carbocycles. The third-order valence-corrected chi connectivity index (χ3v) is 6.04. The van der Waals surface area contributed by atoms with Crippen molar-refractivity contribution in [1.82, 2.24) is 10.6 Å². The predicted molar refractivity (Wildman–Crippen MR) is 112 cm³/mol. The largest absolute Gasteiger partial charge is 0.493 e. The van der Waals surface area contributed by atoms with E-state index in [1.807, 2.05) is 7.05 Å². The van der Waals surface area contributed by atoms with Crippen LogP contribution in [0.15, 0.2) is 23.2 Å². The maximum atomic E-state index is 5.99. The molecule has 6 nitrogen and oxygen atoms in total. The molecule has 1 aliphatic carbocycles. The summed E-state index contributed by atoms with van der Waals surface area (Å²) in [7, 11) is 3.53. The van der Waals surface area contributed by atoms with Gasteiger partial charge in [-0.2, -0.15) is 0 Å². The molecule has 28 heavy (non-hydrogen) atoms. The van der Waals surface area contributed by atoms with Crippen molar-refractivity contribution in [3.8, 4) is 5.75 Å². The molecular formula is C22H35N3O3. The number of guanidine groups is 1. The molecule has 3 unspecified atom stereocenters. The minimum atomic E-state index is 0.123. The zero-order valence-corrected chi connectivity index (χ0v) is 17.9. The van der Waals surface area contributed by atoms with E-state index in [0.29, 0.717) is 37.8 Å². The Morgan fingerprint density at radius 3 is 2.89 bits per heavy atom. The molecule has 2 fully saturated rings. The Labute approximate surface area is 169 Å². The van der Waals surface area contributed by atoms with Crippen LogP contribution in [0.5, 0.6) is 5.75 Å². The number of hydrogen-bond donors (Lipinski definition) is 2. The Kier molecular flexibility index (Phi) is 6.83. The molecule has 2 N–H and O–H groups in total. The first kappa shape index (κ1) is 20.9. The zero-order chi connectivity index (χ0) is 20.1. The van der Waals surface area contributed by atoms with E-state index in [1.54, 1.807) is 7.11 Å². The van der Waals surface area contributed by atoms with Gasteiger partial charge >= 0.3 is 0 Å². The molecule has 1 heterocycles. The topological polar surface area (TPSA) is 64.1 Å². The van der Waals surface area contributed by atoms with Gasteiger partial charge < -0.3 is 24.8 Å². The van der Waals surface area contributed by atoms with Gasteiger partial charge in [-0.05, 0) is 25.0 Å². The molecule has 1 aromatic rings. The molecule has 1 saturated carbocycles. The molecule has 2 aliphatic rings. The fourth-order valence-electron chi connectivity index (χ4n) is 4.47. The summed E-state index contributed by atoms with van der Waals surface area (Å²) in [5.41, 5.74) is 2.44. The lowest BCUT2D eigenvalue weighted by atomic mass is 9.57. The van der Waals surface area contributed by atoms with E-state index in [-0.39, 0.29) is 5.41 Å². The van der Waals surface area contributed by atoms with Crippen LogP contribution < -0.4 is 15.4 Å². The monoisotopic (exact) mass is 389 g/mol. The molecule has 1 aliphatic heterocycles. The van der Waals surface area contributed by atoms with Gasteiger partial charge in [0.15, 0.2) is 5.96 Å². The average molecular weight is 390 g/mol. The minimum Gasteiger partial charge on any atom is -0.493 e. The highest BCUT2D eigenvalue weighted by atomic mass is 16.5. The molecule has 1 saturated heterocycles. The van der Waals surface area contributed by atoms with E-state index in [9.17, 15) is 0 Å². The Balaban J connectivity index is 1.58. The van der Waals surface area contributed by atoms with Crippen molar-refractivity contribution < 1.29 is 14.2 Å². The van der Waals surface area contributed by atoms with Crippen molar-refractivity contribution in [1.29, 1.82) is 0 Å². The van der Waals surface area contributed by atoms with Crippen LogP contribution in [-0.2, 0) is 16.0 Å². The normalized spacial score (nSPS) is 25.8. The molecule has 3 atom stereocenters. The molecule has 156 valence electrons. The quantitative estimate of drug-likeness (QED) is 0.407. The van der Waals surface area contributed by atoms with Crippen molar-refractivity contribution in [2.75, 3.05) is 34.0 Å². The summed E-state index contributed by atoms with van der Waals surface area (Å²) >= 11 is 0. The highest BCUT2D eigenvalue weighted by Gasteiger charge is 2.59. The first-order chi connectivity index (χ1) is 13.5. The second-order valence-electron chi connectivity index (χ2n) is 8.42. The van der Waals surface area contributed by atoms with Gasteiger partial charge in [-0.15, -0.1) is 0 Å². The van der Waals surface area contributed by atoms with E-state index in [2.05, 4.69) is 54.6 Å². The van der Waals surface area contributed by atoms with Crippen LogP contribution in [0, 0.1) is 18.3 Å². The summed E-state index contributed by atoms with van der Waals surface area (Å²) in [5.74, 6) is 2.33. The number of benzene rings is 1. The third-order valence-electron chi connectivity index (χ3n) is 6.04. The number of hydrogen-bond acceptors (Lipinski definition) is 4. The number of fused-ring (bicyclic) bond motifs is 1. The van der Waals surface area contributed by atoms with E-state index >= 15 is 0 Å². The number of nitrogens with one attached hydrogen (secondary N) is 2. The van der Waals surface area contributed by atoms with Gasteiger partial charge in [-0.3, -0.25) is 4.99 Å². The standard InChI is InChI=1S/C22H35N3O3/c1-15-7-8-16(18(13-15)27-11-6-10-26-5)14-24-21(23-4)25-19-17-9-12-28-20(17)22(19,2)3/h7-8,13,17,19-20H,6,9-12,14H2,1-5H3,(H2,23,24,25). The lowest BCUT2D eigenvalue weighted by Crippen LogP contribution is -2.67. The number of ether oxygens (including phenoxy) is 3. The molecular weight excluding hydrogens is 354 g/mol. The van der Waals surface area contributed by atoms with Crippen molar-refractivity contribution in [2.24, 2.45) is 16.3 Å². The number of aliphatic imine (C=N–C) groups is 1. The average Bonchev–Trinajstić information content (AvgIpc) is 3.13. The smallest absolute Gasteiger partial charge is 0.191 e. The lowest BCUT2D eigenvalue weighted by molar-refractivity contribution is -0.106. The van der Waals surface area contributed by atoms with Gasteiger partial charge in [0.25, 0.3) is 0 Å². The van der Waals surface area contributed by atoms with Crippen LogP contribution in [0.25, 0.3) is 0 Å². The van der Waals surface area contributed by atoms with E-state index in [1.165, 1.54) is 5.56 Å². The first-order valence-electron chi connectivity index (χ1n) is 10.3. The molecule has 0 aromatic heterocycles. The van der Waals surface area contributed by atoms with Gasteiger partial charge in [-0.25, -0.2) is 0 Å². The fourth-order valence-corrected chi connectivity index (χ4v) is 4.47. The molecule has 6 heteroatoms. The van der Waals surface area contributed by atoms with Crippen LogP contribution in [0.4, 0.5) is 0 Å². The Morgan fingerprint density at radius 2 is 2.14 bits per heavy atom. The summed E-state index contributed by atoms with van der Waals surface area (Å²) in [6, 6.07) is 6.71. The van der Waals surface area contributed by atoms with Crippen LogP contribution in [0.2, 0.25) is 0 Å². The van der Waals surface area contributed by atoms with Crippen molar-refractivity contribution in [3.05, 3.63) is 29.3 Å². The van der Waals surface area contributed by atoms with Gasteiger partial charge in [-0.1, -0.05) is 26.0 Å². The van der Waals surface area contributed by atoms with Gasteiger partial charge in [0.2, 0.25) is 0 Å². The third kappa shape index (κ3) is 4.44. The highest BCUT2D eigenvalue weighted by Crippen LogP contribution is 2.52. The van der Waals surface area contributed by atoms with Crippen LogP contribution in [0.1, 0.15) is 37.8 Å². The maximum absolute atomic E-state index is 5.99. The van der Waals surface area contributed by atoms with Crippen LogP contribution >= 0.6 is 0 Å². The number of rotatable bonds is 8. The van der Waals surface area contributed by atoms with Crippen molar-refractivity contribution in [2.45, 2.75) is 52.3 Å². The minimum absolute atomic E-state index is 0.123. The SMILES string of the molecule is CN=C(NCc1ccc(C)cc1OCCCOC)NC1C2CCOC2C1(C)C. The predicted octanol–water partition coefficient (Wildman–Crippen LogP) is 2.89. The van der Waals surface area contributed by atoms with Gasteiger partial charge in [0.05, 0.1) is 12.7 Å². The van der Waals surface area contributed by atoms with E-state index in [0.717, 1.165) is 36.7 Å². The Bertz CT molecular complexity index is 690. The second-order valence-corrected chi connectivity index (χ2v) is 8.42. The van der Waals surface area contributed by atoms with Gasteiger partial charge in [0.1, 0.15) is 5.75 Å². The van der Waals surface area contributed by atoms with Crippen molar-refractivity contribution >= 4 is 5.96 Å². The number of nitrogens with zero attached hydrogens (tertiary/aromatic N) is 1. The Morgan fingerprint density at radius 1 is 1.32 bits per heavy atom. The van der Waals surface area contributed by atoms with E-state index in [4.69, 9.17) is 14.2 Å².